The van der Waals surface area contributed by atoms with Crippen molar-refractivity contribution in [2.45, 2.75) is 50.6 Å². The summed E-state index contributed by atoms with van der Waals surface area (Å²) >= 11 is 0. The molecule has 0 saturated carbocycles. The molecule has 1 aromatic heterocycles. The monoisotopic (exact) mass is 556 g/mol. The minimum Gasteiger partial charge on any atom is -0.475 e. The maximum atomic E-state index is 10.6. The molecule has 1 aromatic carbocycles. The summed E-state index contributed by atoms with van der Waals surface area (Å²) in [5.41, 5.74) is 0.991. The van der Waals surface area contributed by atoms with E-state index in [1.165, 1.54) is 37.6 Å². The molecule has 2 saturated heterocycles. The summed E-state index contributed by atoms with van der Waals surface area (Å²) in [4.78, 5) is 22.9. The zero-order chi connectivity index (χ0) is 28.5. The zero-order valence-corrected chi connectivity index (χ0v) is 20.3. The van der Waals surface area contributed by atoms with E-state index in [0.29, 0.717) is 18.6 Å². The predicted octanol–water partition coefficient (Wildman–Crippen LogP) is 4.37. The molecule has 2 fully saturated rings. The van der Waals surface area contributed by atoms with E-state index in [1.807, 2.05) is 12.1 Å². The summed E-state index contributed by atoms with van der Waals surface area (Å²) in [6.45, 7) is 5.85. The van der Waals surface area contributed by atoms with Crippen molar-refractivity contribution >= 4 is 22.9 Å². The van der Waals surface area contributed by atoms with Gasteiger partial charge in [0, 0.05) is 37.7 Å². The molecule has 8 nitrogen and oxygen atoms in total. The van der Waals surface area contributed by atoms with Crippen LogP contribution in [0.2, 0.25) is 0 Å². The Morgan fingerprint density at radius 1 is 0.921 bits per heavy atom. The number of carbonyl (C=O) groups is 2. The van der Waals surface area contributed by atoms with Crippen LogP contribution < -0.4 is 0 Å². The zero-order valence-electron chi connectivity index (χ0n) is 20.3. The first kappa shape index (κ1) is 31.4. The lowest BCUT2D eigenvalue weighted by Gasteiger charge is -2.42. The van der Waals surface area contributed by atoms with Gasteiger partial charge in [-0.25, -0.2) is 9.59 Å². The number of hydrogen-bond acceptors (Lipinski definition) is 6. The van der Waals surface area contributed by atoms with Gasteiger partial charge in [-0.2, -0.15) is 26.3 Å². The molecule has 3 N–H and O–H groups in total. The van der Waals surface area contributed by atoms with Crippen LogP contribution in [-0.2, 0) is 16.1 Å². The molecular weight excluding hydrogens is 526 g/mol. The lowest BCUT2D eigenvalue weighted by atomic mass is 9.94. The van der Waals surface area contributed by atoms with E-state index in [9.17, 15) is 31.4 Å². The van der Waals surface area contributed by atoms with Crippen LogP contribution in [-0.4, -0.2) is 88.2 Å². The van der Waals surface area contributed by atoms with Gasteiger partial charge in [-0.05, 0) is 50.3 Å². The SMILES string of the molecule is O=C(O)C(F)(F)F.O=C(O)C(F)(F)F.OCC1CCCN(C2CCN(Cc3cc4ccccc4o3)CC2)C1. The summed E-state index contributed by atoms with van der Waals surface area (Å²) in [7, 11) is 0. The third-order valence-corrected chi connectivity index (χ3v) is 6.22. The van der Waals surface area contributed by atoms with E-state index in [4.69, 9.17) is 24.2 Å². The number of hydrogen-bond donors (Lipinski definition) is 3. The van der Waals surface area contributed by atoms with E-state index in [-0.39, 0.29) is 0 Å². The van der Waals surface area contributed by atoms with Crippen LogP contribution in [0.4, 0.5) is 26.3 Å². The number of benzene rings is 1. The number of para-hydroxylation sites is 1. The van der Waals surface area contributed by atoms with Crippen LogP contribution in [0.3, 0.4) is 0 Å². The number of halogens is 6. The lowest BCUT2D eigenvalue weighted by Crippen LogP contribution is -2.48. The number of aliphatic hydroxyl groups excluding tert-OH is 1. The molecule has 0 spiro atoms. The van der Waals surface area contributed by atoms with Gasteiger partial charge < -0.3 is 19.7 Å². The molecule has 1 atom stereocenters. The van der Waals surface area contributed by atoms with Crippen molar-refractivity contribution in [2.75, 3.05) is 32.8 Å². The van der Waals surface area contributed by atoms with Crippen molar-refractivity contribution in [1.82, 2.24) is 9.80 Å². The fraction of sp³-hybridized carbons (Fsp3) is 0.583. The van der Waals surface area contributed by atoms with Crippen molar-refractivity contribution in [2.24, 2.45) is 5.92 Å². The predicted molar refractivity (Wildman–Crippen MR) is 123 cm³/mol. The third-order valence-electron chi connectivity index (χ3n) is 6.22. The molecule has 214 valence electrons. The van der Waals surface area contributed by atoms with Crippen molar-refractivity contribution in [3.05, 3.63) is 36.1 Å². The molecule has 2 aliphatic heterocycles. The number of piperidine rings is 2. The summed E-state index contributed by atoms with van der Waals surface area (Å²) in [6.07, 6.45) is -5.26. The average Bonchev–Trinajstić information content (AvgIpc) is 3.26. The van der Waals surface area contributed by atoms with E-state index >= 15 is 0 Å². The van der Waals surface area contributed by atoms with Gasteiger partial charge in [0.05, 0.1) is 6.54 Å². The Morgan fingerprint density at radius 2 is 1.47 bits per heavy atom. The van der Waals surface area contributed by atoms with Crippen molar-refractivity contribution in [1.29, 1.82) is 0 Å². The normalized spacial score (nSPS) is 19.7. The smallest absolute Gasteiger partial charge is 0.475 e. The Hall–Kier alpha value is -2.84. The van der Waals surface area contributed by atoms with Gasteiger partial charge in [-0.3, -0.25) is 9.80 Å². The van der Waals surface area contributed by atoms with E-state index in [1.54, 1.807) is 0 Å². The highest BCUT2D eigenvalue weighted by Crippen LogP contribution is 2.26. The highest BCUT2D eigenvalue weighted by molar-refractivity contribution is 5.77. The van der Waals surface area contributed by atoms with Crippen LogP contribution in [0.25, 0.3) is 11.0 Å². The Morgan fingerprint density at radius 3 is 1.97 bits per heavy atom. The molecule has 1 unspecified atom stereocenters. The van der Waals surface area contributed by atoms with Crippen LogP contribution >= 0.6 is 0 Å². The molecule has 2 aromatic rings. The first-order valence-electron chi connectivity index (χ1n) is 11.9. The summed E-state index contributed by atoms with van der Waals surface area (Å²) < 4.78 is 69.4. The van der Waals surface area contributed by atoms with Gasteiger partial charge in [0.1, 0.15) is 11.3 Å². The number of rotatable bonds is 4. The fourth-order valence-corrected chi connectivity index (χ4v) is 4.36. The number of fused-ring (bicyclic) bond motifs is 1. The van der Waals surface area contributed by atoms with Crippen LogP contribution in [0, 0.1) is 5.92 Å². The van der Waals surface area contributed by atoms with Crippen LogP contribution in [0.5, 0.6) is 0 Å². The standard InChI is InChI=1S/C20H28N2O2.2C2HF3O2/c23-15-16-4-3-9-22(13-16)18-7-10-21(11-8-18)14-19-12-17-5-1-2-6-20(17)24-19;2*3-2(4,5)1(6)7/h1-2,5-6,12,16,18,23H,3-4,7-11,13-15H2;2*(H,6,7). The van der Waals surface area contributed by atoms with Gasteiger partial charge in [0.2, 0.25) is 0 Å². The second kappa shape index (κ2) is 13.8. The molecule has 14 heteroatoms. The molecule has 2 aliphatic rings. The van der Waals surface area contributed by atoms with Crippen molar-refractivity contribution in [3.8, 4) is 0 Å². The molecule has 0 bridgehead atoms. The highest BCUT2D eigenvalue weighted by atomic mass is 19.4. The highest BCUT2D eigenvalue weighted by Gasteiger charge is 2.39. The first-order valence-corrected chi connectivity index (χ1v) is 11.9. The molecule has 0 radical (unpaired) electrons. The quantitative estimate of drug-likeness (QED) is 0.476. The number of aliphatic carboxylic acids is 2. The van der Waals surface area contributed by atoms with Gasteiger partial charge in [-0.1, -0.05) is 18.2 Å². The third kappa shape index (κ3) is 10.1. The Bertz CT molecular complexity index is 976. The minimum absolute atomic E-state index is 0.349. The molecule has 4 rings (SSSR count). The van der Waals surface area contributed by atoms with Gasteiger partial charge in [-0.15, -0.1) is 0 Å². The maximum absolute atomic E-state index is 10.6. The van der Waals surface area contributed by atoms with E-state index < -0.39 is 24.3 Å². The van der Waals surface area contributed by atoms with Gasteiger partial charge in [0.25, 0.3) is 0 Å². The second-order valence-corrected chi connectivity index (χ2v) is 9.05. The molecule has 38 heavy (non-hydrogen) atoms. The average molecular weight is 557 g/mol. The number of nitrogens with zero attached hydrogens (tertiary/aromatic N) is 2. The number of aliphatic hydroxyl groups is 1. The molecular formula is C24H30F6N2O6. The maximum Gasteiger partial charge on any atom is 0.490 e. The second-order valence-electron chi connectivity index (χ2n) is 9.05. The van der Waals surface area contributed by atoms with E-state index in [2.05, 4.69) is 28.0 Å². The first-order chi connectivity index (χ1) is 17.7. The number of carboxylic acids is 2. The fourth-order valence-electron chi connectivity index (χ4n) is 4.36. The minimum atomic E-state index is -5.08. The van der Waals surface area contributed by atoms with Crippen molar-refractivity contribution < 1.29 is 55.7 Å². The van der Waals surface area contributed by atoms with Gasteiger partial charge in [0.15, 0.2) is 0 Å². The number of carboxylic acid groups (broad SMARTS) is 2. The summed E-state index contributed by atoms with van der Waals surface area (Å²) in [5, 5.41) is 24.9. The number of alkyl halides is 6. The Kier molecular flexibility index (Phi) is 11.4. The van der Waals surface area contributed by atoms with E-state index in [0.717, 1.165) is 37.5 Å². The van der Waals surface area contributed by atoms with Gasteiger partial charge >= 0.3 is 24.3 Å². The van der Waals surface area contributed by atoms with Crippen molar-refractivity contribution in [3.63, 3.8) is 0 Å². The summed E-state index contributed by atoms with van der Waals surface area (Å²) in [6, 6.07) is 11.1. The summed E-state index contributed by atoms with van der Waals surface area (Å²) in [5.74, 6) is -3.94. The molecule has 3 heterocycles. The topological polar surface area (TPSA) is 114 Å². The number of furan rings is 1. The van der Waals surface area contributed by atoms with Crippen LogP contribution in [0.15, 0.2) is 34.7 Å². The lowest BCUT2D eigenvalue weighted by molar-refractivity contribution is -0.193. The molecule has 0 aliphatic carbocycles. The van der Waals surface area contributed by atoms with Crippen LogP contribution in [0.1, 0.15) is 31.4 Å². The molecule has 0 amide bonds. The number of likely N-dealkylation sites (tertiary alicyclic amines) is 2. The Balaban J connectivity index is 0.000000301. The largest absolute Gasteiger partial charge is 0.490 e. The Labute approximate surface area is 214 Å².